The van der Waals surface area contributed by atoms with Crippen molar-refractivity contribution < 1.29 is 39.8 Å². The Bertz CT molecular complexity index is 593. The van der Waals surface area contributed by atoms with Crippen LogP contribution in [-0.4, -0.2) is 85.9 Å². The van der Waals surface area contributed by atoms with E-state index in [1.54, 1.807) is 0 Å². The number of rotatable bonds is 27. The minimum absolute atomic E-state index is 0.0517. The molecule has 0 aromatic heterocycles. The molecule has 1 atom stereocenters. The first-order valence-electron chi connectivity index (χ1n) is 17.0. The summed E-state index contributed by atoms with van der Waals surface area (Å²) in [5.41, 5.74) is 0.0517. The molecular formula is C30H66O9Si3. The summed E-state index contributed by atoms with van der Waals surface area (Å²) in [6, 6.07) is 2.43. The summed E-state index contributed by atoms with van der Waals surface area (Å²) in [4.78, 5) is 0. The lowest BCUT2D eigenvalue weighted by atomic mass is 9.62. The average molecular weight is 655 g/mol. The molecule has 42 heavy (non-hydrogen) atoms. The van der Waals surface area contributed by atoms with Crippen molar-refractivity contribution in [2.45, 2.75) is 125 Å². The molecule has 0 aliphatic heterocycles. The maximum absolute atomic E-state index is 6.33. The summed E-state index contributed by atoms with van der Waals surface area (Å²) in [7, 11) is -8.41. The summed E-state index contributed by atoms with van der Waals surface area (Å²) in [6.07, 6.45) is 7.72. The molecule has 1 aliphatic carbocycles. The van der Waals surface area contributed by atoms with Crippen molar-refractivity contribution in [2.24, 2.45) is 11.3 Å². The quantitative estimate of drug-likeness (QED) is 0.0837. The van der Waals surface area contributed by atoms with Gasteiger partial charge in [0.15, 0.2) is 0 Å². The fourth-order valence-corrected chi connectivity index (χ4v) is 15.1. The first-order chi connectivity index (χ1) is 20.3. The lowest BCUT2D eigenvalue weighted by Crippen LogP contribution is -2.50. The van der Waals surface area contributed by atoms with Crippen molar-refractivity contribution in [3.63, 3.8) is 0 Å². The zero-order valence-electron chi connectivity index (χ0n) is 28.7. The Labute approximate surface area is 262 Å². The van der Waals surface area contributed by atoms with Gasteiger partial charge in [0.25, 0.3) is 0 Å². The van der Waals surface area contributed by atoms with E-state index in [0.717, 1.165) is 43.8 Å². The van der Waals surface area contributed by atoms with Crippen LogP contribution in [-0.2, 0) is 39.8 Å². The highest BCUT2D eigenvalue weighted by atomic mass is 28.4. The Balaban J connectivity index is 3.47. The molecule has 0 amide bonds. The van der Waals surface area contributed by atoms with E-state index in [0.29, 0.717) is 65.4 Å². The van der Waals surface area contributed by atoms with E-state index in [9.17, 15) is 0 Å². The Morgan fingerprint density at radius 2 is 0.762 bits per heavy atom. The Morgan fingerprint density at radius 1 is 0.452 bits per heavy atom. The average Bonchev–Trinajstić information content (AvgIpc) is 2.96. The van der Waals surface area contributed by atoms with Crippen LogP contribution in [0, 0.1) is 11.3 Å². The Hall–Kier alpha value is 0.291. The third kappa shape index (κ3) is 12.6. The van der Waals surface area contributed by atoms with Gasteiger partial charge in [0, 0.05) is 77.6 Å². The molecule has 1 rings (SSSR count). The van der Waals surface area contributed by atoms with E-state index >= 15 is 0 Å². The molecule has 1 saturated carbocycles. The molecule has 0 radical (unpaired) electrons. The topological polar surface area (TPSA) is 83.1 Å². The van der Waals surface area contributed by atoms with Gasteiger partial charge in [0.05, 0.1) is 0 Å². The zero-order chi connectivity index (χ0) is 31.4. The van der Waals surface area contributed by atoms with Gasteiger partial charge in [-0.2, -0.15) is 0 Å². The van der Waals surface area contributed by atoms with Crippen molar-refractivity contribution in [2.75, 3.05) is 59.5 Å². The summed E-state index contributed by atoms with van der Waals surface area (Å²) in [5.74, 6) is 0.479. The molecule has 0 spiro atoms. The van der Waals surface area contributed by atoms with Gasteiger partial charge in [-0.3, -0.25) is 0 Å². The van der Waals surface area contributed by atoms with Crippen LogP contribution in [0.2, 0.25) is 18.1 Å². The standard InChI is InChI=1S/C30H66O9Si3/c1-10-31-40(32-11-2,33-12-3)26-22-29-21-19-20-23-30(29,24-27-41(34-13-4,35-14-5)36-15-6)25-28-42(37-16-7,38-17-8)39-18-9/h29H,10-28H2,1-9H3. The van der Waals surface area contributed by atoms with Gasteiger partial charge in [-0.1, -0.05) is 12.8 Å². The molecule has 1 fully saturated rings. The highest BCUT2D eigenvalue weighted by molar-refractivity contribution is 6.61. The highest BCUT2D eigenvalue weighted by Crippen LogP contribution is 2.52. The third-order valence-electron chi connectivity index (χ3n) is 8.28. The molecule has 0 bridgehead atoms. The highest BCUT2D eigenvalue weighted by Gasteiger charge is 2.51. The van der Waals surface area contributed by atoms with Crippen molar-refractivity contribution >= 4 is 26.4 Å². The molecule has 9 nitrogen and oxygen atoms in total. The molecule has 0 aromatic carbocycles. The van der Waals surface area contributed by atoms with E-state index in [2.05, 4.69) is 0 Å². The second-order valence-corrected chi connectivity index (χ2v) is 19.0. The molecule has 0 N–H and O–H groups in total. The van der Waals surface area contributed by atoms with Crippen LogP contribution in [0.3, 0.4) is 0 Å². The monoisotopic (exact) mass is 654 g/mol. The van der Waals surface area contributed by atoms with Crippen LogP contribution < -0.4 is 0 Å². The summed E-state index contributed by atoms with van der Waals surface area (Å²) >= 11 is 0. The lowest BCUT2D eigenvalue weighted by Gasteiger charge is -2.47. The summed E-state index contributed by atoms with van der Waals surface area (Å²) < 4.78 is 56.8. The zero-order valence-corrected chi connectivity index (χ0v) is 31.7. The van der Waals surface area contributed by atoms with Gasteiger partial charge in [-0.05, 0) is 106 Å². The van der Waals surface area contributed by atoms with E-state index in [1.165, 1.54) is 19.3 Å². The van der Waals surface area contributed by atoms with Gasteiger partial charge < -0.3 is 39.8 Å². The van der Waals surface area contributed by atoms with Gasteiger partial charge in [0.1, 0.15) is 0 Å². The van der Waals surface area contributed by atoms with E-state index < -0.39 is 26.4 Å². The molecule has 0 aromatic rings. The maximum atomic E-state index is 6.33. The molecule has 12 heteroatoms. The van der Waals surface area contributed by atoms with Crippen molar-refractivity contribution in [3.8, 4) is 0 Å². The fraction of sp³-hybridized carbons (Fsp3) is 1.00. The van der Waals surface area contributed by atoms with Gasteiger partial charge in [0.2, 0.25) is 0 Å². The van der Waals surface area contributed by atoms with Crippen LogP contribution in [0.4, 0.5) is 0 Å². The predicted molar refractivity (Wildman–Crippen MR) is 175 cm³/mol. The fourth-order valence-electron chi connectivity index (χ4n) is 6.77. The van der Waals surface area contributed by atoms with Crippen LogP contribution >= 0.6 is 0 Å². The normalized spacial score (nSPS) is 18.1. The third-order valence-corrected chi connectivity index (χ3v) is 17.5. The van der Waals surface area contributed by atoms with Crippen LogP contribution in [0.15, 0.2) is 0 Å². The lowest BCUT2D eigenvalue weighted by molar-refractivity contribution is 0.0298. The summed E-state index contributed by atoms with van der Waals surface area (Å²) in [5, 5.41) is 0. The maximum Gasteiger partial charge on any atom is 0.500 e. The van der Waals surface area contributed by atoms with Crippen LogP contribution in [0.5, 0.6) is 0 Å². The van der Waals surface area contributed by atoms with Crippen LogP contribution in [0.25, 0.3) is 0 Å². The first kappa shape index (κ1) is 40.3. The largest absolute Gasteiger partial charge is 0.500 e. The van der Waals surface area contributed by atoms with Crippen LogP contribution in [0.1, 0.15) is 107 Å². The van der Waals surface area contributed by atoms with E-state index in [4.69, 9.17) is 39.8 Å². The predicted octanol–water partition coefficient (Wildman–Crippen LogP) is 7.48. The second kappa shape index (κ2) is 21.9. The number of hydrogen-bond donors (Lipinski definition) is 0. The van der Waals surface area contributed by atoms with E-state index in [1.807, 2.05) is 62.3 Å². The van der Waals surface area contributed by atoms with Crippen molar-refractivity contribution in [1.82, 2.24) is 0 Å². The minimum atomic E-state index is -2.82. The van der Waals surface area contributed by atoms with Gasteiger partial charge >= 0.3 is 26.4 Å². The summed E-state index contributed by atoms with van der Waals surface area (Å²) in [6.45, 7) is 23.6. The van der Waals surface area contributed by atoms with Gasteiger partial charge in [-0.25, -0.2) is 0 Å². The smallest absolute Gasteiger partial charge is 0.374 e. The van der Waals surface area contributed by atoms with Gasteiger partial charge in [-0.15, -0.1) is 0 Å². The molecule has 1 unspecified atom stereocenters. The molecule has 0 saturated heterocycles. The molecular weight excluding hydrogens is 589 g/mol. The number of hydrogen-bond acceptors (Lipinski definition) is 9. The molecule has 0 heterocycles. The van der Waals surface area contributed by atoms with Crippen molar-refractivity contribution in [1.29, 1.82) is 0 Å². The Morgan fingerprint density at radius 3 is 1.07 bits per heavy atom. The molecule has 1 aliphatic rings. The minimum Gasteiger partial charge on any atom is -0.374 e. The first-order valence-corrected chi connectivity index (χ1v) is 22.8. The SMILES string of the molecule is CCO[Si](CCC1CCCCC1(CC[Si](OCC)(OCC)OCC)CC[Si](OCC)(OCC)OCC)(OCC)OCC. The second-order valence-electron chi connectivity index (χ2n) is 10.8. The van der Waals surface area contributed by atoms with Crippen molar-refractivity contribution in [3.05, 3.63) is 0 Å². The Kier molecular flexibility index (Phi) is 21.0. The molecule has 252 valence electrons. The van der Waals surface area contributed by atoms with E-state index in [-0.39, 0.29) is 5.41 Å².